The van der Waals surface area contributed by atoms with Gasteiger partial charge in [-0.3, -0.25) is 0 Å². The summed E-state index contributed by atoms with van der Waals surface area (Å²) in [5.41, 5.74) is 4.62. The predicted octanol–water partition coefficient (Wildman–Crippen LogP) is 2.36. The minimum Gasteiger partial charge on any atom is -0.238 e. The van der Waals surface area contributed by atoms with Crippen molar-refractivity contribution in [3.05, 3.63) is 23.5 Å². The van der Waals surface area contributed by atoms with Crippen LogP contribution in [0.15, 0.2) is 18.3 Å². The van der Waals surface area contributed by atoms with Crippen molar-refractivity contribution in [2.24, 2.45) is 0 Å². The Hall–Kier alpha value is -0.640. The quantitative estimate of drug-likeness (QED) is 0.619. The van der Waals surface area contributed by atoms with Gasteiger partial charge in [-0.1, -0.05) is 11.6 Å². The lowest BCUT2D eigenvalue weighted by Crippen LogP contribution is -2.60. The van der Waals surface area contributed by atoms with Gasteiger partial charge in [0.05, 0.1) is 6.20 Å². The molecule has 1 aromatic heterocycles. The highest BCUT2D eigenvalue weighted by Gasteiger charge is 2.31. The van der Waals surface area contributed by atoms with Crippen molar-refractivity contribution in [3.63, 3.8) is 0 Å². The Balaban J connectivity index is 2.28. The van der Waals surface area contributed by atoms with Gasteiger partial charge < -0.3 is 0 Å². The second-order valence-corrected chi connectivity index (χ2v) is 4.43. The molecule has 0 aromatic carbocycles. The van der Waals surface area contributed by atoms with E-state index < -0.39 is 0 Å². The Kier molecular flexibility index (Phi) is 3.24. The maximum absolute atomic E-state index is 5.80. The lowest BCUT2D eigenvalue weighted by atomic mass is 10.1. The number of hydrogen-bond donors (Lipinski definition) is 1. The molecule has 2 rings (SSSR count). The molecule has 0 amide bonds. The Morgan fingerprint density at radius 3 is 2.53 bits per heavy atom. The summed E-state index contributed by atoms with van der Waals surface area (Å²) in [5.74, 6) is 0. The highest BCUT2D eigenvalue weighted by Crippen LogP contribution is 2.25. The van der Waals surface area contributed by atoms with Gasteiger partial charge in [0.1, 0.15) is 18.2 Å². The van der Waals surface area contributed by atoms with E-state index in [9.17, 15) is 0 Å². The van der Waals surface area contributed by atoms with Gasteiger partial charge in [0, 0.05) is 13.1 Å². The van der Waals surface area contributed by atoms with Crippen LogP contribution in [0.2, 0.25) is 5.15 Å². The molecule has 3 nitrogen and oxygen atoms in total. The first-order chi connectivity index (χ1) is 7.27. The fourth-order valence-electron chi connectivity index (χ4n) is 2.28. The van der Waals surface area contributed by atoms with Crippen molar-refractivity contribution in [2.75, 3.05) is 20.1 Å². The van der Waals surface area contributed by atoms with Gasteiger partial charge in [-0.15, -0.1) is 0 Å². The fourth-order valence-corrected chi connectivity index (χ4v) is 2.40. The Labute approximate surface area is 95.6 Å². The molecule has 82 valence electrons. The average Bonchev–Trinajstić information content (AvgIpc) is 2.31. The van der Waals surface area contributed by atoms with E-state index in [1.54, 1.807) is 0 Å². The molecule has 1 aromatic rings. The van der Waals surface area contributed by atoms with Gasteiger partial charge in [-0.25, -0.2) is 9.58 Å². The molecule has 0 radical (unpaired) electrons. The van der Waals surface area contributed by atoms with Crippen LogP contribution in [0, 0.1) is 0 Å². The summed E-state index contributed by atoms with van der Waals surface area (Å²) in [4.78, 5) is 4.16. The second-order valence-electron chi connectivity index (χ2n) is 4.04. The van der Waals surface area contributed by atoms with Crippen LogP contribution in [0.5, 0.6) is 0 Å². The molecular formula is C11H17ClN3+. The molecule has 2 heterocycles. The normalized spacial score (nSPS) is 20.1. The van der Waals surface area contributed by atoms with Gasteiger partial charge in [-0.2, -0.15) is 5.43 Å². The zero-order chi connectivity index (χ0) is 10.7. The summed E-state index contributed by atoms with van der Waals surface area (Å²) in [6.45, 7) is 2.28. The molecule has 1 aliphatic rings. The third-order valence-corrected chi connectivity index (χ3v) is 3.44. The lowest BCUT2D eigenvalue weighted by Gasteiger charge is -2.38. The number of quaternary nitrogens is 1. The Morgan fingerprint density at radius 1 is 1.27 bits per heavy atom. The van der Waals surface area contributed by atoms with Crippen molar-refractivity contribution in [1.29, 1.82) is 0 Å². The molecule has 0 saturated carbocycles. The van der Waals surface area contributed by atoms with E-state index in [2.05, 4.69) is 16.5 Å². The first-order valence-corrected chi connectivity index (χ1v) is 5.83. The number of piperidine rings is 1. The summed E-state index contributed by atoms with van der Waals surface area (Å²) in [6.07, 6.45) is 5.75. The predicted molar refractivity (Wildman–Crippen MR) is 63.7 cm³/mol. The largest absolute Gasteiger partial charge is 0.238 e. The molecule has 0 spiro atoms. The smallest absolute Gasteiger partial charge is 0.170 e. The van der Waals surface area contributed by atoms with E-state index in [4.69, 9.17) is 11.6 Å². The molecule has 1 saturated heterocycles. The van der Waals surface area contributed by atoms with Gasteiger partial charge in [-0.05, 0) is 25.3 Å². The van der Waals surface area contributed by atoms with Crippen molar-refractivity contribution in [3.8, 4) is 0 Å². The van der Waals surface area contributed by atoms with Crippen LogP contribution in [-0.2, 0) is 0 Å². The number of pyridine rings is 1. The topological polar surface area (TPSA) is 24.9 Å². The lowest BCUT2D eigenvalue weighted by molar-refractivity contribution is 0.173. The number of rotatable bonds is 2. The van der Waals surface area contributed by atoms with Crippen LogP contribution in [0.25, 0.3) is 0 Å². The van der Waals surface area contributed by atoms with E-state index in [0.717, 1.165) is 17.7 Å². The summed E-state index contributed by atoms with van der Waals surface area (Å²) >= 11 is 5.80. The molecule has 0 aliphatic carbocycles. The number of halogens is 1. The molecule has 4 heteroatoms. The molecule has 15 heavy (non-hydrogen) atoms. The molecule has 0 bridgehead atoms. The SMILES string of the molecule is CN[N+]1(c2ccc(Cl)nc2)CCCCC1. The molecule has 0 atom stereocenters. The number of nitrogens with one attached hydrogen (secondary N) is 1. The Bertz CT molecular complexity index is 317. The van der Waals surface area contributed by atoms with Crippen molar-refractivity contribution in [1.82, 2.24) is 15.0 Å². The van der Waals surface area contributed by atoms with Gasteiger partial charge in [0.15, 0.2) is 5.69 Å². The zero-order valence-electron chi connectivity index (χ0n) is 9.04. The first kappa shape index (κ1) is 10.9. The third kappa shape index (κ3) is 2.14. The van der Waals surface area contributed by atoms with Crippen LogP contribution >= 0.6 is 11.6 Å². The van der Waals surface area contributed by atoms with Crippen LogP contribution in [0.3, 0.4) is 0 Å². The van der Waals surface area contributed by atoms with E-state index in [-0.39, 0.29) is 0 Å². The first-order valence-electron chi connectivity index (χ1n) is 5.45. The summed E-state index contributed by atoms with van der Waals surface area (Å²) in [5, 5.41) is 0.560. The van der Waals surface area contributed by atoms with Gasteiger partial charge >= 0.3 is 0 Å². The maximum Gasteiger partial charge on any atom is 0.170 e. The number of aromatic nitrogens is 1. The molecular weight excluding hydrogens is 210 g/mol. The minimum absolute atomic E-state index is 0.560. The van der Waals surface area contributed by atoms with Gasteiger partial charge in [0.2, 0.25) is 0 Å². The second kappa shape index (κ2) is 4.47. The molecule has 1 fully saturated rings. The van der Waals surface area contributed by atoms with Crippen LogP contribution in [0.1, 0.15) is 19.3 Å². The summed E-state index contributed by atoms with van der Waals surface area (Å²) < 4.78 is 0.837. The van der Waals surface area contributed by atoms with Gasteiger partial charge in [0.25, 0.3) is 0 Å². The van der Waals surface area contributed by atoms with Crippen LogP contribution < -0.4 is 10.0 Å². The highest BCUT2D eigenvalue weighted by molar-refractivity contribution is 6.29. The minimum atomic E-state index is 0.560. The molecule has 1 N–H and O–H groups in total. The van der Waals surface area contributed by atoms with Crippen molar-refractivity contribution in [2.45, 2.75) is 19.3 Å². The van der Waals surface area contributed by atoms with Crippen LogP contribution in [-0.4, -0.2) is 25.1 Å². The summed E-state index contributed by atoms with van der Waals surface area (Å²) in [7, 11) is 2.01. The van der Waals surface area contributed by atoms with E-state index >= 15 is 0 Å². The van der Waals surface area contributed by atoms with Crippen molar-refractivity contribution >= 4 is 17.3 Å². The zero-order valence-corrected chi connectivity index (χ0v) is 9.80. The van der Waals surface area contributed by atoms with Crippen LogP contribution in [0.4, 0.5) is 5.69 Å². The van der Waals surface area contributed by atoms with E-state index in [1.165, 1.54) is 24.9 Å². The van der Waals surface area contributed by atoms with Crippen molar-refractivity contribution < 1.29 is 0 Å². The standard InChI is InChI=1S/C11H17ClN3/c1-13-15(7-3-2-4-8-15)10-5-6-11(12)14-9-10/h5-6,9,13H,2-4,7-8H2,1H3/q+1. The Morgan fingerprint density at radius 2 is 2.00 bits per heavy atom. The maximum atomic E-state index is 5.80. The summed E-state index contributed by atoms with van der Waals surface area (Å²) in [6, 6.07) is 3.93. The van der Waals surface area contributed by atoms with E-state index in [1.807, 2.05) is 19.3 Å². The molecule has 1 aliphatic heterocycles. The fraction of sp³-hybridized carbons (Fsp3) is 0.545. The number of hydrogen-bond acceptors (Lipinski definition) is 2. The monoisotopic (exact) mass is 226 g/mol. The number of nitrogens with zero attached hydrogens (tertiary/aromatic N) is 2. The third-order valence-electron chi connectivity index (χ3n) is 3.21. The molecule has 0 unspecified atom stereocenters. The highest BCUT2D eigenvalue weighted by atomic mass is 35.5. The average molecular weight is 227 g/mol. The van der Waals surface area contributed by atoms with E-state index in [0.29, 0.717) is 5.15 Å².